The van der Waals surface area contributed by atoms with Gasteiger partial charge in [0.15, 0.2) is 0 Å². The number of piperidine rings is 1. The molecule has 0 aromatic heterocycles. The third-order valence-corrected chi connectivity index (χ3v) is 4.76. The van der Waals surface area contributed by atoms with Crippen molar-refractivity contribution in [1.82, 2.24) is 5.32 Å². The zero-order valence-corrected chi connectivity index (χ0v) is 11.4. The normalized spacial score (nSPS) is 25.6. The molecule has 2 aliphatic rings. The first kappa shape index (κ1) is 12.0. The van der Waals surface area contributed by atoms with E-state index >= 15 is 0 Å². The Morgan fingerprint density at radius 3 is 2.50 bits per heavy atom. The minimum absolute atomic E-state index is 0.948. The molecule has 2 heterocycles. The molecule has 0 bridgehead atoms. The van der Waals surface area contributed by atoms with Gasteiger partial charge in [0.1, 0.15) is 0 Å². The SMILES string of the molecule is Cc1ccccc1N1CCC(C2CCNC2)CC1. The van der Waals surface area contributed by atoms with Gasteiger partial charge in [0.25, 0.3) is 0 Å². The summed E-state index contributed by atoms with van der Waals surface area (Å²) in [5.74, 6) is 1.91. The lowest BCUT2D eigenvalue weighted by atomic mass is 9.83. The molecule has 1 aromatic carbocycles. The van der Waals surface area contributed by atoms with E-state index in [4.69, 9.17) is 0 Å². The van der Waals surface area contributed by atoms with Crippen molar-refractivity contribution in [3.8, 4) is 0 Å². The van der Waals surface area contributed by atoms with Crippen LogP contribution in [-0.4, -0.2) is 26.2 Å². The van der Waals surface area contributed by atoms with E-state index in [0.717, 1.165) is 11.8 Å². The number of rotatable bonds is 2. The van der Waals surface area contributed by atoms with Crippen molar-refractivity contribution in [3.63, 3.8) is 0 Å². The summed E-state index contributed by atoms with van der Waals surface area (Å²) in [4.78, 5) is 2.58. The molecule has 2 nitrogen and oxygen atoms in total. The Hall–Kier alpha value is -1.02. The largest absolute Gasteiger partial charge is 0.371 e. The van der Waals surface area contributed by atoms with Crippen LogP contribution in [0.25, 0.3) is 0 Å². The van der Waals surface area contributed by atoms with E-state index in [1.165, 1.54) is 56.7 Å². The first-order valence-electron chi connectivity index (χ1n) is 7.36. The summed E-state index contributed by atoms with van der Waals surface area (Å²) < 4.78 is 0. The van der Waals surface area contributed by atoms with E-state index in [1.807, 2.05) is 0 Å². The number of para-hydroxylation sites is 1. The molecule has 0 aliphatic carbocycles. The molecule has 0 amide bonds. The molecule has 2 heteroatoms. The molecule has 2 saturated heterocycles. The summed E-state index contributed by atoms with van der Waals surface area (Å²) in [6, 6.07) is 8.79. The fourth-order valence-corrected chi connectivity index (χ4v) is 3.61. The molecule has 18 heavy (non-hydrogen) atoms. The fraction of sp³-hybridized carbons (Fsp3) is 0.625. The summed E-state index contributed by atoms with van der Waals surface area (Å²) in [7, 11) is 0. The maximum Gasteiger partial charge on any atom is 0.0395 e. The monoisotopic (exact) mass is 244 g/mol. The minimum Gasteiger partial charge on any atom is -0.371 e. The first-order chi connectivity index (χ1) is 8.84. The van der Waals surface area contributed by atoms with Crippen molar-refractivity contribution in [2.45, 2.75) is 26.2 Å². The maximum atomic E-state index is 3.51. The van der Waals surface area contributed by atoms with Gasteiger partial charge < -0.3 is 10.2 Å². The smallest absolute Gasteiger partial charge is 0.0395 e. The highest BCUT2D eigenvalue weighted by Crippen LogP contribution is 2.31. The van der Waals surface area contributed by atoms with Gasteiger partial charge in [0.2, 0.25) is 0 Å². The third-order valence-electron chi connectivity index (χ3n) is 4.76. The average molecular weight is 244 g/mol. The lowest BCUT2D eigenvalue weighted by Crippen LogP contribution is -2.36. The van der Waals surface area contributed by atoms with Gasteiger partial charge >= 0.3 is 0 Å². The molecule has 1 unspecified atom stereocenters. The Kier molecular flexibility index (Phi) is 3.55. The quantitative estimate of drug-likeness (QED) is 0.860. The molecule has 1 N–H and O–H groups in total. The van der Waals surface area contributed by atoms with Gasteiger partial charge in [-0.05, 0) is 62.7 Å². The van der Waals surface area contributed by atoms with Crippen molar-refractivity contribution < 1.29 is 0 Å². The summed E-state index contributed by atoms with van der Waals surface area (Å²) in [5.41, 5.74) is 2.86. The second-order valence-electron chi connectivity index (χ2n) is 5.86. The lowest BCUT2D eigenvalue weighted by molar-refractivity contribution is 0.292. The molecular formula is C16H24N2. The molecule has 0 spiro atoms. The van der Waals surface area contributed by atoms with Gasteiger partial charge in [0, 0.05) is 18.8 Å². The number of hydrogen-bond acceptors (Lipinski definition) is 2. The molecule has 1 aromatic rings. The third kappa shape index (κ3) is 2.39. The van der Waals surface area contributed by atoms with Gasteiger partial charge in [-0.25, -0.2) is 0 Å². The summed E-state index contributed by atoms with van der Waals surface area (Å²) in [5, 5.41) is 3.51. The van der Waals surface area contributed by atoms with Crippen LogP contribution in [0.2, 0.25) is 0 Å². The van der Waals surface area contributed by atoms with Gasteiger partial charge in [-0.2, -0.15) is 0 Å². The van der Waals surface area contributed by atoms with E-state index in [1.54, 1.807) is 0 Å². The van der Waals surface area contributed by atoms with Crippen LogP contribution < -0.4 is 10.2 Å². The van der Waals surface area contributed by atoms with Gasteiger partial charge in [-0.1, -0.05) is 18.2 Å². The van der Waals surface area contributed by atoms with Crippen molar-refractivity contribution in [2.75, 3.05) is 31.1 Å². The van der Waals surface area contributed by atoms with Crippen LogP contribution in [0.4, 0.5) is 5.69 Å². The second-order valence-corrected chi connectivity index (χ2v) is 5.86. The van der Waals surface area contributed by atoms with Crippen LogP contribution >= 0.6 is 0 Å². The molecule has 2 fully saturated rings. The van der Waals surface area contributed by atoms with Gasteiger partial charge in [-0.15, -0.1) is 0 Å². The number of hydrogen-bond donors (Lipinski definition) is 1. The standard InChI is InChI=1S/C16H24N2/c1-13-4-2-3-5-16(13)18-10-7-14(8-11-18)15-6-9-17-12-15/h2-5,14-15,17H,6-12H2,1H3. The predicted octanol–water partition coefficient (Wildman–Crippen LogP) is 2.82. The Morgan fingerprint density at radius 1 is 1.06 bits per heavy atom. The Labute approximate surface area is 110 Å². The summed E-state index contributed by atoms with van der Waals surface area (Å²) in [6.45, 7) is 7.21. The van der Waals surface area contributed by atoms with Crippen molar-refractivity contribution in [3.05, 3.63) is 29.8 Å². The Morgan fingerprint density at radius 2 is 1.83 bits per heavy atom. The van der Waals surface area contributed by atoms with E-state index in [0.29, 0.717) is 0 Å². The highest BCUT2D eigenvalue weighted by atomic mass is 15.1. The topological polar surface area (TPSA) is 15.3 Å². The fourth-order valence-electron chi connectivity index (χ4n) is 3.61. The minimum atomic E-state index is 0.948. The second kappa shape index (κ2) is 5.31. The summed E-state index contributed by atoms with van der Waals surface area (Å²) in [6.07, 6.45) is 4.15. The van der Waals surface area contributed by atoms with Crippen LogP contribution in [0.15, 0.2) is 24.3 Å². The first-order valence-corrected chi connectivity index (χ1v) is 7.36. The number of aryl methyl sites for hydroxylation is 1. The van der Waals surface area contributed by atoms with Crippen LogP contribution in [0.3, 0.4) is 0 Å². The zero-order chi connectivity index (χ0) is 12.4. The lowest BCUT2D eigenvalue weighted by Gasteiger charge is -2.36. The van der Waals surface area contributed by atoms with Crippen LogP contribution in [0.1, 0.15) is 24.8 Å². The molecular weight excluding hydrogens is 220 g/mol. The van der Waals surface area contributed by atoms with Gasteiger partial charge in [-0.3, -0.25) is 0 Å². The summed E-state index contributed by atoms with van der Waals surface area (Å²) >= 11 is 0. The van der Waals surface area contributed by atoms with Crippen LogP contribution in [-0.2, 0) is 0 Å². The van der Waals surface area contributed by atoms with Gasteiger partial charge in [0.05, 0.1) is 0 Å². The number of anilines is 1. The zero-order valence-electron chi connectivity index (χ0n) is 11.4. The van der Waals surface area contributed by atoms with Crippen molar-refractivity contribution in [1.29, 1.82) is 0 Å². The highest BCUT2D eigenvalue weighted by Gasteiger charge is 2.28. The van der Waals surface area contributed by atoms with Crippen LogP contribution in [0.5, 0.6) is 0 Å². The molecule has 1 atom stereocenters. The molecule has 2 aliphatic heterocycles. The molecule has 98 valence electrons. The molecule has 0 radical (unpaired) electrons. The highest BCUT2D eigenvalue weighted by molar-refractivity contribution is 5.53. The predicted molar refractivity (Wildman–Crippen MR) is 77.1 cm³/mol. The number of nitrogens with zero attached hydrogens (tertiary/aromatic N) is 1. The van der Waals surface area contributed by atoms with Crippen molar-refractivity contribution in [2.24, 2.45) is 11.8 Å². The van der Waals surface area contributed by atoms with E-state index in [2.05, 4.69) is 41.4 Å². The average Bonchev–Trinajstić information content (AvgIpc) is 2.94. The number of nitrogens with one attached hydrogen (secondary N) is 1. The van der Waals surface area contributed by atoms with E-state index in [-0.39, 0.29) is 0 Å². The van der Waals surface area contributed by atoms with Crippen molar-refractivity contribution >= 4 is 5.69 Å². The Bertz CT molecular complexity index is 388. The van der Waals surface area contributed by atoms with Crippen LogP contribution in [0, 0.1) is 18.8 Å². The Balaban J connectivity index is 1.61. The molecule has 0 saturated carbocycles. The maximum absolute atomic E-state index is 3.51. The molecule has 3 rings (SSSR count). The number of benzene rings is 1. The van der Waals surface area contributed by atoms with E-state index < -0.39 is 0 Å². The van der Waals surface area contributed by atoms with E-state index in [9.17, 15) is 0 Å².